The van der Waals surface area contributed by atoms with Crippen LogP contribution in [-0.2, 0) is 6.42 Å². The SMILES string of the molecule is CCc1ccc(C(NC)C2CCC(C)C(C)C2)o1. The van der Waals surface area contributed by atoms with Gasteiger partial charge >= 0.3 is 0 Å². The van der Waals surface area contributed by atoms with Crippen LogP contribution >= 0.6 is 0 Å². The van der Waals surface area contributed by atoms with E-state index < -0.39 is 0 Å². The van der Waals surface area contributed by atoms with Crippen LogP contribution in [0.5, 0.6) is 0 Å². The summed E-state index contributed by atoms with van der Waals surface area (Å²) in [7, 11) is 2.06. The molecule has 102 valence electrons. The maximum absolute atomic E-state index is 5.94. The number of furan rings is 1. The fourth-order valence-corrected chi connectivity index (χ4v) is 3.25. The van der Waals surface area contributed by atoms with Crippen LogP contribution in [0.3, 0.4) is 0 Å². The van der Waals surface area contributed by atoms with Crippen LogP contribution in [0.2, 0.25) is 0 Å². The molecule has 4 atom stereocenters. The molecule has 2 nitrogen and oxygen atoms in total. The Morgan fingerprint density at radius 2 is 2.06 bits per heavy atom. The van der Waals surface area contributed by atoms with Crippen LogP contribution in [-0.4, -0.2) is 7.05 Å². The standard InChI is InChI=1S/C16H27NO/c1-5-14-8-9-15(18-14)16(17-4)13-7-6-11(2)12(3)10-13/h8-9,11-13,16-17H,5-7,10H2,1-4H3. The Balaban J connectivity index is 2.08. The van der Waals surface area contributed by atoms with E-state index in [9.17, 15) is 0 Å². The second-order valence-corrected chi connectivity index (χ2v) is 5.95. The third-order valence-corrected chi connectivity index (χ3v) is 4.76. The quantitative estimate of drug-likeness (QED) is 0.866. The molecule has 18 heavy (non-hydrogen) atoms. The molecular formula is C16H27NO. The summed E-state index contributed by atoms with van der Waals surface area (Å²) in [5.74, 6) is 4.66. The molecule has 1 fully saturated rings. The van der Waals surface area contributed by atoms with E-state index in [-0.39, 0.29) is 0 Å². The molecule has 1 aromatic rings. The number of aryl methyl sites for hydroxylation is 1. The van der Waals surface area contributed by atoms with Crippen LogP contribution in [0, 0.1) is 17.8 Å². The highest BCUT2D eigenvalue weighted by molar-refractivity contribution is 5.12. The minimum atomic E-state index is 0.389. The Labute approximate surface area is 111 Å². The summed E-state index contributed by atoms with van der Waals surface area (Å²) in [6, 6.07) is 4.66. The molecular weight excluding hydrogens is 222 g/mol. The zero-order chi connectivity index (χ0) is 13.1. The normalized spacial score (nSPS) is 30.3. The zero-order valence-electron chi connectivity index (χ0n) is 12.2. The van der Waals surface area contributed by atoms with Crippen molar-refractivity contribution in [2.24, 2.45) is 17.8 Å². The van der Waals surface area contributed by atoms with Crippen molar-refractivity contribution in [3.8, 4) is 0 Å². The van der Waals surface area contributed by atoms with Gasteiger partial charge in [0.05, 0.1) is 6.04 Å². The third kappa shape index (κ3) is 2.80. The van der Waals surface area contributed by atoms with Crippen molar-refractivity contribution in [2.45, 2.75) is 52.5 Å². The molecule has 1 aromatic heterocycles. The Hall–Kier alpha value is -0.760. The third-order valence-electron chi connectivity index (χ3n) is 4.76. The first-order valence-electron chi connectivity index (χ1n) is 7.41. The van der Waals surface area contributed by atoms with E-state index in [1.54, 1.807) is 0 Å². The molecule has 0 saturated heterocycles. The fraction of sp³-hybridized carbons (Fsp3) is 0.750. The van der Waals surface area contributed by atoms with E-state index in [4.69, 9.17) is 4.42 Å². The summed E-state index contributed by atoms with van der Waals surface area (Å²) >= 11 is 0. The van der Waals surface area contributed by atoms with Crippen molar-refractivity contribution in [3.05, 3.63) is 23.7 Å². The first kappa shape index (κ1) is 13.7. The van der Waals surface area contributed by atoms with Crippen molar-refractivity contribution in [1.82, 2.24) is 5.32 Å². The number of nitrogens with one attached hydrogen (secondary N) is 1. The molecule has 0 amide bonds. The van der Waals surface area contributed by atoms with E-state index in [1.165, 1.54) is 19.3 Å². The van der Waals surface area contributed by atoms with Crippen molar-refractivity contribution in [3.63, 3.8) is 0 Å². The summed E-state index contributed by atoms with van der Waals surface area (Å²) in [4.78, 5) is 0. The van der Waals surface area contributed by atoms with Gasteiger partial charge in [-0.25, -0.2) is 0 Å². The highest BCUT2D eigenvalue weighted by atomic mass is 16.3. The average Bonchev–Trinajstić information content (AvgIpc) is 2.83. The highest BCUT2D eigenvalue weighted by Gasteiger charge is 2.31. The van der Waals surface area contributed by atoms with Gasteiger partial charge in [-0.15, -0.1) is 0 Å². The monoisotopic (exact) mass is 249 g/mol. The van der Waals surface area contributed by atoms with Crippen molar-refractivity contribution in [2.75, 3.05) is 7.05 Å². The topological polar surface area (TPSA) is 25.2 Å². The predicted molar refractivity (Wildman–Crippen MR) is 75.6 cm³/mol. The Morgan fingerprint density at radius 1 is 1.28 bits per heavy atom. The molecule has 1 aliphatic rings. The Kier molecular flexibility index (Phi) is 4.50. The fourth-order valence-electron chi connectivity index (χ4n) is 3.25. The van der Waals surface area contributed by atoms with Crippen LogP contribution in [0.25, 0.3) is 0 Å². The molecule has 1 aliphatic carbocycles. The first-order chi connectivity index (χ1) is 8.65. The molecule has 1 heterocycles. The van der Waals surface area contributed by atoms with E-state index in [2.05, 4.69) is 45.3 Å². The van der Waals surface area contributed by atoms with Gasteiger partial charge in [-0.3, -0.25) is 0 Å². The number of hydrogen-bond donors (Lipinski definition) is 1. The molecule has 0 aliphatic heterocycles. The summed E-state index contributed by atoms with van der Waals surface area (Å²) < 4.78 is 5.94. The molecule has 0 aromatic carbocycles. The summed E-state index contributed by atoms with van der Waals surface area (Å²) in [5, 5.41) is 3.47. The first-order valence-corrected chi connectivity index (χ1v) is 7.41. The summed E-state index contributed by atoms with van der Waals surface area (Å²) in [6.07, 6.45) is 4.97. The maximum atomic E-state index is 5.94. The van der Waals surface area contributed by atoms with E-state index >= 15 is 0 Å². The van der Waals surface area contributed by atoms with Crippen LogP contribution in [0.4, 0.5) is 0 Å². The van der Waals surface area contributed by atoms with Crippen LogP contribution in [0.15, 0.2) is 16.5 Å². The second kappa shape index (κ2) is 5.92. The van der Waals surface area contributed by atoms with Crippen molar-refractivity contribution < 1.29 is 4.42 Å². The van der Waals surface area contributed by atoms with Gasteiger partial charge in [-0.05, 0) is 49.8 Å². The van der Waals surface area contributed by atoms with E-state index in [1.807, 2.05) is 0 Å². The van der Waals surface area contributed by atoms with E-state index in [0.29, 0.717) is 6.04 Å². The lowest BCUT2D eigenvalue weighted by Gasteiger charge is -2.35. The van der Waals surface area contributed by atoms with Crippen LogP contribution < -0.4 is 5.32 Å². The van der Waals surface area contributed by atoms with Gasteiger partial charge in [0.1, 0.15) is 11.5 Å². The molecule has 0 radical (unpaired) electrons. The minimum Gasteiger partial charge on any atom is -0.464 e. The molecule has 0 bridgehead atoms. The predicted octanol–water partition coefficient (Wildman–Crippen LogP) is 4.17. The minimum absolute atomic E-state index is 0.389. The molecule has 0 spiro atoms. The maximum Gasteiger partial charge on any atom is 0.121 e. The van der Waals surface area contributed by atoms with Gasteiger partial charge in [0, 0.05) is 6.42 Å². The molecule has 4 unspecified atom stereocenters. The number of hydrogen-bond acceptors (Lipinski definition) is 2. The summed E-state index contributed by atoms with van der Waals surface area (Å²) in [6.45, 7) is 6.92. The zero-order valence-corrected chi connectivity index (χ0v) is 12.2. The Morgan fingerprint density at radius 3 is 2.61 bits per heavy atom. The van der Waals surface area contributed by atoms with Gasteiger partial charge in [0.2, 0.25) is 0 Å². The second-order valence-electron chi connectivity index (χ2n) is 5.95. The van der Waals surface area contributed by atoms with Crippen LogP contribution in [0.1, 0.15) is 57.6 Å². The molecule has 2 heteroatoms. The van der Waals surface area contributed by atoms with Gasteiger partial charge in [-0.1, -0.05) is 27.2 Å². The van der Waals surface area contributed by atoms with Gasteiger partial charge in [0.25, 0.3) is 0 Å². The molecule has 1 N–H and O–H groups in total. The van der Waals surface area contributed by atoms with Gasteiger partial charge < -0.3 is 9.73 Å². The summed E-state index contributed by atoms with van der Waals surface area (Å²) in [5.41, 5.74) is 0. The average molecular weight is 249 g/mol. The van der Waals surface area contributed by atoms with Crippen molar-refractivity contribution >= 4 is 0 Å². The lowest BCUT2D eigenvalue weighted by atomic mass is 9.73. The van der Waals surface area contributed by atoms with Crippen molar-refractivity contribution in [1.29, 1.82) is 0 Å². The largest absolute Gasteiger partial charge is 0.464 e. The lowest BCUT2D eigenvalue weighted by molar-refractivity contribution is 0.163. The smallest absolute Gasteiger partial charge is 0.121 e. The number of rotatable bonds is 4. The van der Waals surface area contributed by atoms with Gasteiger partial charge in [0.15, 0.2) is 0 Å². The Bertz CT molecular complexity index is 371. The van der Waals surface area contributed by atoms with E-state index in [0.717, 1.165) is 35.7 Å². The van der Waals surface area contributed by atoms with Gasteiger partial charge in [-0.2, -0.15) is 0 Å². The highest BCUT2D eigenvalue weighted by Crippen LogP contribution is 2.40. The molecule has 1 saturated carbocycles. The lowest BCUT2D eigenvalue weighted by Crippen LogP contribution is -2.31. The molecule has 2 rings (SSSR count).